The van der Waals surface area contributed by atoms with Crippen LogP contribution in [0.3, 0.4) is 0 Å². The molecule has 0 aliphatic heterocycles. The molecule has 0 unspecified atom stereocenters. The lowest BCUT2D eigenvalue weighted by atomic mass is 10.1. The molecule has 6 heteroatoms. The van der Waals surface area contributed by atoms with Gasteiger partial charge in [-0.2, -0.15) is 5.10 Å². The van der Waals surface area contributed by atoms with Crippen molar-refractivity contribution in [2.75, 3.05) is 6.61 Å². The number of carbonyl (C=O) groups is 1. The Morgan fingerprint density at radius 2 is 2.12 bits per heavy atom. The molecule has 0 radical (unpaired) electrons. The monoisotopic (exact) mass is 408 g/mol. The molecule has 0 aliphatic carbocycles. The number of nitrogens with zero attached hydrogens (tertiary/aromatic N) is 1. The number of amides is 1. The van der Waals surface area contributed by atoms with Gasteiger partial charge < -0.3 is 4.74 Å². The Hall–Kier alpha value is -1.85. The Balaban J connectivity index is 1.84. The van der Waals surface area contributed by atoms with E-state index in [1.54, 1.807) is 6.07 Å². The summed E-state index contributed by atoms with van der Waals surface area (Å²) in [6, 6.07) is 13.1. The molecule has 0 spiro atoms. The van der Waals surface area contributed by atoms with E-state index < -0.39 is 0 Å². The number of carbonyl (C=O) groups excluding carboxylic acids is 1. The van der Waals surface area contributed by atoms with Gasteiger partial charge >= 0.3 is 0 Å². The van der Waals surface area contributed by atoms with Crippen molar-refractivity contribution >= 4 is 39.7 Å². The highest BCUT2D eigenvalue weighted by Crippen LogP contribution is 2.26. The molecule has 24 heavy (non-hydrogen) atoms. The zero-order valence-corrected chi connectivity index (χ0v) is 15.6. The van der Waals surface area contributed by atoms with E-state index in [1.807, 2.05) is 36.4 Å². The van der Waals surface area contributed by atoms with Gasteiger partial charge in [0.1, 0.15) is 5.75 Å². The summed E-state index contributed by atoms with van der Waals surface area (Å²) in [6.45, 7) is 2.01. The molecule has 0 fully saturated rings. The van der Waals surface area contributed by atoms with E-state index >= 15 is 0 Å². The molecule has 0 aromatic heterocycles. The van der Waals surface area contributed by atoms with Gasteiger partial charge in [-0.05, 0) is 46.1 Å². The van der Waals surface area contributed by atoms with E-state index in [4.69, 9.17) is 16.3 Å². The van der Waals surface area contributed by atoms with E-state index in [9.17, 15) is 4.79 Å². The summed E-state index contributed by atoms with van der Waals surface area (Å²) >= 11 is 9.46. The SMILES string of the molecule is CCCc1ccc(OCC(=O)N/N=C/c2ccccc2Cl)c(Br)c1. The third-order valence-corrected chi connectivity index (χ3v) is 4.16. The molecule has 0 saturated carbocycles. The smallest absolute Gasteiger partial charge is 0.277 e. The first kappa shape index (κ1) is 18.5. The second-order valence-electron chi connectivity index (χ2n) is 5.12. The number of aryl methyl sites for hydroxylation is 1. The highest BCUT2D eigenvalue weighted by atomic mass is 79.9. The number of rotatable bonds is 7. The summed E-state index contributed by atoms with van der Waals surface area (Å²) in [4.78, 5) is 11.8. The normalized spacial score (nSPS) is 10.8. The number of hydrazone groups is 1. The third kappa shape index (κ3) is 5.65. The van der Waals surface area contributed by atoms with E-state index in [-0.39, 0.29) is 12.5 Å². The van der Waals surface area contributed by atoms with Crippen LogP contribution in [0.1, 0.15) is 24.5 Å². The summed E-state index contributed by atoms with van der Waals surface area (Å²) in [6.07, 6.45) is 3.59. The molecule has 0 bridgehead atoms. The number of hydrogen-bond donors (Lipinski definition) is 1. The largest absolute Gasteiger partial charge is 0.483 e. The molecule has 2 aromatic carbocycles. The van der Waals surface area contributed by atoms with E-state index in [0.717, 1.165) is 22.9 Å². The van der Waals surface area contributed by atoms with Crippen molar-refractivity contribution in [2.24, 2.45) is 5.10 Å². The van der Waals surface area contributed by atoms with Crippen LogP contribution in [0.2, 0.25) is 5.02 Å². The van der Waals surface area contributed by atoms with Crippen LogP contribution in [0, 0.1) is 0 Å². The lowest BCUT2D eigenvalue weighted by molar-refractivity contribution is -0.123. The topological polar surface area (TPSA) is 50.7 Å². The van der Waals surface area contributed by atoms with Gasteiger partial charge in [0.25, 0.3) is 5.91 Å². The van der Waals surface area contributed by atoms with Crippen molar-refractivity contribution in [1.82, 2.24) is 5.43 Å². The molecular formula is C18H18BrClN2O2. The van der Waals surface area contributed by atoms with E-state index in [0.29, 0.717) is 10.8 Å². The van der Waals surface area contributed by atoms with Crippen LogP contribution < -0.4 is 10.2 Å². The van der Waals surface area contributed by atoms with Gasteiger partial charge in [-0.1, -0.05) is 49.2 Å². The first-order chi connectivity index (χ1) is 11.6. The number of ether oxygens (including phenoxy) is 1. The minimum absolute atomic E-state index is 0.119. The van der Waals surface area contributed by atoms with Crippen LogP contribution in [-0.4, -0.2) is 18.7 Å². The van der Waals surface area contributed by atoms with Crippen LogP contribution in [0.25, 0.3) is 0 Å². The quantitative estimate of drug-likeness (QED) is 0.537. The van der Waals surface area contributed by atoms with Gasteiger partial charge in [-0.3, -0.25) is 4.79 Å². The Bertz CT molecular complexity index is 735. The molecule has 126 valence electrons. The fourth-order valence-electron chi connectivity index (χ4n) is 2.03. The summed E-state index contributed by atoms with van der Waals surface area (Å²) in [5, 5.41) is 4.45. The minimum Gasteiger partial charge on any atom is -0.483 e. The van der Waals surface area contributed by atoms with Crippen molar-refractivity contribution < 1.29 is 9.53 Å². The van der Waals surface area contributed by atoms with Crippen molar-refractivity contribution in [2.45, 2.75) is 19.8 Å². The maximum atomic E-state index is 11.8. The first-order valence-corrected chi connectivity index (χ1v) is 8.75. The van der Waals surface area contributed by atoms with Crippen molar-refractivity contribution in [1.29, 1.82) is 0 Å². The van der Waals surface area contributed by atoms with E-state index in [2.05, 4.69) is 33.4 Å². The Labute approximate surface area is 155 Å². The lowest BCUT2D eigenvalue weighted by Crippen LogP contribution is -2.24. The fraction of sp³-hybridized carbons (Fsp3) is 0.222. The summed E-state index contributed by atoms with van der Waals surface area (Å²) < 4.78 is 6.33. The number of nitrogens with one attached hydrogen (secondary N) is 1. The van der Waals surface area contributed by atoms with Crippen LogP contribution >= 0.6 is 27.5 Å². The average molecular weight is 410 g/mol. The predicted molar refractivity (Wildman–Crippen MR) is 101 cm³/mol. The zero-order chi connectivity index (χ0) is 17.4. The maximum absolute atomic E-state index is 11.8. The Morgan fingerprint density at radius 1 is 1.33 bits per heavy atom. The highest BCUT2D eigenvalue weighted by Gasteiger charge is 2.06. The molecule has 0 saturated heterocycles. The summed E-state index contributed by atoms with van der Waals surface area (Å²) in [7, 11) is 0. The molecular weight excluding hydrogens is 392 g/mol. The lowest BCUT2D eigenvalue weighted by Gasteiger charge is -2.08. The number of halogens is 2. The molecule has 0 atom stereocenters. The van der Waals surface area contributed by atoms with Gasteiger partial charge in [0, 0.05) is 10.6 Å². The van der Waals surface area contributed by atoms with Crippen LogP contribution in [0.15, 0.2) is 52.0 Å². The third-order valence-electron chi connectivity index (χ3n) is 3.19. The van der Waals surface area contributed by atoms with Crippen LogP contribution in [0.4, 0.5) is 0 Å². The standard InChI is InChI=1S/C18H18BrClN2O2/c1-2-5-13-8-9-17(15(19)10-13)24-12-18(23)22-21-11-14-6-3-4-7-16(14)20/h3-4,6-11H,2,5,12H2,1H3,(H,22,23)/b21-11+. The molecule has 4 nitrogen and oxygen atoms in total. The first-order valence-electron chi connectivity index (χ1n) is 7.57. The summed E-state index contributed by atoms with van der Waals surface area (Å²) in [5.74, 6) is 0.280. The zero-order valence-electron chi connectivity index (χ0n) is 13.3. The van der Waals surface area contributed by atoms with Crippen molar-refractivity contribution in [3.05, 3.63) is 63.1 Å². The van der Waals surface area contributed by atoms with Gasteiger partial charge in [0.2, 0.25) is 0 Å². The molecule has 0 heterocycles. The van der Waals surface area contributed by atoms with Crippen molar-refractivity contribution in [3.8, 4) is 5.75 Å². The van der Waals surface area contributed by atoms with Crippen LogP contribution in [-0.2, 0) is 11.2 Å². The second kappa shape index (κ2) is 9.45. The molecule has 2 aromatic rings. The minimum atomic E-state index is -0.345. The molecule has 1 N–H and O–H groups in total. The fourth-order valence-corrected chi connectivity index (χ4v) is 2.76. The Morgan fingerprint density at radius 3 is 2.83 bits per heavy atom. The average Bonchev–Trinajstić information content (AvgIpc) is 2.56. The van der Waals surface area contributed by atoms with Gasteiger partial charge in [0.15, 0.2) is 6.61 Å². The van der Waals surface area contributed by atoms with Crippen molar-refractivity contribution in [3.63, 3.8) is 0 Å². The van der Waals surface area contributed by atoms with Gasteiger partial charge in [0.05, 0.1) is 10.7 Å². The second-order valence-corrected chi connectivity index (χ2v) is 6.38. The molecule has 0 aliphatic rings. The number of benzene rings is 2. The van der Waals surface area contributed by atoms with Crippen LogP contribution in [0.5, 0.6) is 5.75 Å². The van der Waals surface area contributed by atoms with Gasteiger partial charge in [-0.15, -0.1) is 0 Å². The van der Waals surface area contributed by atoms with E-state index in [1.165, 1.54) is 11.8 Å². The molecule has 2 rings (SSSR count). The Kier molecular flexibility index (Phi) is 7.28. The number of hydrogen-bond acceptors (Lipinski definition) is 3. The van der Waals surface area contributed by atoms with Gasteiger partial charge in [-0.25, -0.2) is 5.43 Å². The highest BCUT2D eigenvalue weighted by molar-refractivity contribution is 9.10. The predicted octanol–water partition coefficient (Wildman–Crippen LogP) is 4.58. The molecule has 1 amide bonds. The summed E-state index contributed by atoms with van der Waals surface area (Å²) in [5.41, 5.74) is 4.37. The maximum Gasteiger partial charge on any atom is 0.277 e.